The zero-order valence-electron chi connectivity index (χ0n) is 15.4. The Hall–Kier alpha value is -2.14. The van der Waals surface area contributed by atoms with Crippen LogP contribution in [0.25, 0.3) is 10.9 Å². The van der Waals surface area contributed by atoms with E-state index in [4.69, 9.17) is 4.98 Å². The van der Waals surface area contributed by atoms with Crippen LogP contribution < -0.4 is 4.90 Å². The average Bonchev–Trinajstić information content (AvgIpc) is 3.11. The fraction of sp³-hybridized carbons (Fsp3) is 0.381. The maximum absolute atomic E-state index is 11.5. The van der Waals surface area contributed by atoms with Crippen LogP contribution >= 0.6 is 0 Å². The van der Waals surface area contributed by atoms with Gasteiger partial charge in [0.1, 0.15) is 0 Å². The largest absolute Gasteiger partial charge is 0.358 e. The number of hydrogen-bond acceptors (Lipinski definition) is 3. The molecule has 0 saturated carbocycles. The van der Waals surface area contributed by atoms with Crippen LogP contribution in [0.1, 0.15) is 23.6 Å². The van der Waals surface area contributed by atoms with Gasteiger partial charge in [-0.15, -0.1) is 0 Å². The van der Waals surface area contributed by atoms with Crippen LogP contribution in [-0.4, -0.2) is 32.7 Å². The van der Waals surface area contributed by atoms with Gasteiger partial charge in [-0.1, -0.05) is 31.2 Å². The molecule has 4 rings (SSSR count). The number of pyridine rings is 1. The zero-order valence-corrected chi connectivity index (χ0v) is 16.2. The minimum atomic E-state index is -0.759. The molecule has 136 valence electrons. The fourth-order valence-corrected chi connectivity index (χ4v) is 4.93. The maximum atomic E-state index is 11.5. The van der Waals surface area contributed by atoms with Crippen molar-refractivity contribution in [3.8, 4) is 0 Å². The highest BCUT2D eigenvalue weighted by atomic mass is 32.2. The lowest BCUT2D eigenvalue weighted by Crippen LogP contribution is -2.31. The zero-order chi connectivity index (χ0) is 18.1. The Morgan fingerprint density at radius 2 is 2.08 bits per heavy atom. The van der Waals surface area contributed by atoms with E-state index in [0.717, 1.165) is 43.0 Å². The first-order valence-electron chi connectivity index (χ1n) is 9.18. The van der Waals surface area contributed by atoms with E-state index < -0.39 is 10.8 Å². The van der Waals surface area contributed by atoms with E-state index in [1.807, 2.05) is 12.4 Å². The van der Waals surface area contributed by atoms with Crippen molar-refractivity contribution in [2.24, 2.45) is 5.92 Å². The lowest BCUT2D eigenvalue weighted by atomic mass is 9.99. The molecule has 0 bridgehead atoms. The predicted octanol–water partition coefficient (Wildman–Crippen LogP) is 3.68. The number of fused-ring (bicyclic) bond motifs is 2. The maximum Gasteiger partial charge on any atom is 0.153 e. The summed E-state index contributed by atoms with van der Waals surface area (Å²) in [5.74, 6) is 2.15. The van der Waals surface area contributed by atoms with Gasteiger partial charge in [0.25, 0.3) is 0 Å². The van der Waals surface area contributed by atoms with E-state index in [-0.39, 0.29) is 0 Å². The molecule has 0 saturated heterocycles. The standard InChI is InChI=1S/C21H25N3OS/c1-15(14-26(2)25)11-18-12-23-21(20-19(18)7-9-22-20)24-10-8-16-5-3-4-6-17(16)13-24/h3-7,9,12,15,22H,8,10-11,13-14H2,1-2H3. The molecule has 1 aliphatic heterocycles. The van der Waals surface area contributed by atoms with Crippen molar-refractivity contribution in [2.75, 3.05) is 23.5 Å². The number of hydrogen-bond donors (Lipinski definition) is 1. The van der Waals surface area contributed by atoms with Crippen LogP contribution in [0.4, 0.5) is 5.82 Å². The minimum absolute atomic E-state index is 0.383. The topological polar surface area (TPSA) is 49.0 Å². The SMILES string of the molecule is CC(Cc1cnc(N2CCc3ccccc3C2)c2[nH]ccc12)CS(C)=O. The van der Waals surface area contributed by atoms with Gasteiger partial charge in [-0.2, -0.15) is 0 Å². The second kappa shape index (κ2) is 7.23. The van der Waals surface area contributed by atoms with Crippen molar-refractivity contribution in [3.63, 3.8) is 0 Å². The second-order valence-electron chi connectivity index (χ2n) is 7.36. The predicted molar refractivity (Wildman–Crippen MR) is 109 cm³/mol. The quantitative estimate of drug-likeness (QED) is 0.748. The number of rotatable bonds is 5. The smallest absolute Gasteiger partial charge is 0.153 e. The van der Waals surface area contributed by atoms with Crippen molar-refractivity contribution < 1.29 is 4.21 Å². The number of anilines is 1. The molecule has 4 nitrogen and oxygen atoms in total. The molecular weight excluding hydrogens is 342 g/mol. The van der Waals surface area contributed by atoms with E-state index in [9.17, 15) is 4.21 Å². The summed E-state index contributed by atoms with van der Waals surface area (Å²) in [6.07, 6.45) is 7.75. The molecule has 1 N–H and O–H groups in total. The van der Waals surface area contributed by atoms with E-state index >= 15 is 0 Å². The molecule has 5 heteroatoms. The highest BCUT2D eigenvalue weighted by Crippen LogP contribution is 2.31. The lowest BCUT2D eigenvalue weighted by molar-refractivity contribution is 0.634. The van der Waals surface area contributed by atoms with E-state index in [1.54, 1.807) is 6.26 Å². The third kappa shape index (κ3) is 3.40. The van der Waals surface area contributed by atoms with E-state index in [2.05, 4.69) is 47.1 Å². The summed E-state index contributed by atoms with van der Waals surface area (Å²) in [6, 6.07) is 10.8. The Labute approximate surface area is 157 Å². The lowest BCUT2D eigenvalue weighted by Gasteiger charge is -2.30. The number of benzene rings is 1. The molecule has 1 aliphatic rings. The van der Waals surface area contributed by atoms with Gasteiger partial charge in [-0.3, -0.25) is 4.21 Å². The van der Waals surface area contributed by atoms with Crippen LogP contribution in [0.2, 0.25) is 0 Å². The van der Waals surface area contributed by atoms with Gasteiger partial charge < -0.3 is 9.88 Å². The van der Waals surface area contributed by atoms with Crippen molar-refractivity contribution >= 4 is 27.5 Å². The average molecular weight is 368 g/mol. The van der Waals surface area contributed by atoms with Crippen molar-refractivity contribution in [3.05, 3.63) is 59.4 Å². The van der Waals surface area contributed by atoms with Gasteiger partial charge in [-0.05, 0) is 41.5 Å². The summed E-state index contributed by atoms with van der Waals surface area (Å²) in [5.41, 5.74) is 5.19. The third-order valence-corrected chi connectivity index (χ3v) is 6.22. The molecule has 2 atom stereocenters. The Kier molecular flexibility index (Phi) is 4.81. The Morgan fingerprint density at radius 1 is 1.27 bits per heavy atom. The molecule has 2 aromatic heterocycles. The van der Waals surface area contributed by atoms with Gasteiger partial charge in [0, 0.05) is 53.7 Å². The Morgan fingerprint density at radius 3 is 2.88 bits per heavy atom. The van der Waals surface area contributed by atoms with Crippen LogP contribution in [0.15, 0.2) is 42.7 Å². The molecule has 0 spiro atoms. The van der Waals surface area contributed by atoms with Crippen LogP contribution in [0, 0.1) is 5.92 Å². The Balaban J connectivity index is 1.63. The number of nitrogens with one attached hydrogen (secondary N) is 1. The molecule has 0 fully saturated rings. The highest BCUT2D eigenvalue weighted by Gasteiger charge is 2.20. The van der Waals surface area contributed by atoms with E-state index in [0.29, 0.717) is 5.92 Å². The molecule has 0 amide bonds. The van der Waals surface area contributed by atoms with Gasteiger partial charge in [-0.25, -0.2) is 4.98 Å². The Bertz CT molecular complexity index is 949. The molecule has 2 unspecified atom stereocenters. The summed E-state index contributed by atoms with van der Waals surface area (Å²) in [5, 5.41) is 1.24. The number of H-pyrrole nitrogens is 1. The van der Waals surface area contributed by atoms with Gasteiger partial charge in [0.2, 0.25) is 0 Å². The summed E-state index contributed by atoms with van der Waals surface area (Å²) >= 11 is 0. The van der Waals surface area contributed by atoms with Crippen molar-refractivity contribution in [1.29, 1.82) is 0 Å². The number of nitrogens with zero attached hydrogens (tertiary/aromatic N) is 2. The monoisotopic (exact) mass is 367 g/mol. The third-order valence-electron chi connectivity index (χ3n) is 5.18. The molecule has 3 heterocycles. The minimum Gasteiger partial charge on any atom is -0.358 e. The summed E-state index contributed by atoms with van der Waals surface area (Å²) in [7, 11) is -0.759. The van der Waals surface area contributed by atoms with Gasteiger partial charge in [0.05, 0.1) is 5.52 Å². The van der Waals surface area contributed by atoms with Crippen molar-refractivity contribution in [1.82, 2.24) is 9.97 Å². The molecule has 3 aromatic rings. The fourth-order valence-electron chi connectivity index (χ4n) is 4.01. The molecule has 0 radical (unpaired) electrons. The second-order valence-corrected chi connectivity index (χ2v) is 8.84. The van der Waals surface area contributed by atoms with Gasteiger partial charge >= 0.3 is 0 Å². The normalized spacial score (nSPS) is 16.5. The first kappa shape index (κ1) is 17.3. The van der Waals surface area contributed by atoms with Crippen molar-refractivity contribution in [2.45, 2.75) is 26.3 Å². The first-order chi connectivity index (χ1) is 12.6. The van der Waals surface area contributed by atoms with Crippen LogP contribution in [-0.2, 0) is 30.2 Å². The molecular formula is C21H25N3OS. The highest BCUT2D eigenvalue weighted by molar-refractivity contribution is 7.84. The van der Waals surface area contributed by atoms with E-state index in [1.165, 1.54) is 22.1 Å². The van der Waals surface area contributed by atoms with Crippen LogP contribution in [0.5, 0.6) is 0 Å². The summed E-state index contributed by atoms with van der Waals surface area (Å²) in [6.45, 7) is 4.06. The summed E-state index contributed by atoms with van der Waals surface area (Å²) in [4.78, 5) is 10.6. The number of aromatic nitrogens is 2. The number of aromatic amines is 1. The molecule has 26 heavy (non-hydrogen) atoms. The molecule has 1 aromatic carbocycles. The molecule has 0 aliphatic carbocycles. The summed E-state index contributed by atoms with van der Waals surface area (Å²) < 4.78 is 11.5. The first-order valence-corrected chi connectivity index (χ1v) is 10.9. The van der Waals surface area contributed by atoms with Gasteiger partial charge in [0.15, 0.2) is 5.82 Å². The van der Waals surface area contributed by atoms with Crippen LogP contribution in [0.3, 0.4) is 0 Å².